The minimum Gasteiger partial charge on any atom is -0.325 e. The molecule has 1 heterocycles. The van der Waals surface area contributed by atoms with Crippen molar-refractivity contribution in [2.24, 2.45) is 17.6 Å². The summed E-state index contributed by atoms with van der Waals surface area (Å²) in [6.07, 6.45) is 5.10. The summed E-state index contributed by atoms with van der Waals surface area (Å²) < 4.78 is 0. The maximum Gasteiger partial charge on any atom is 0.131 e. The van der Waals surface area contributed by atoms with E-state index in [-0.39, 0.29) is 0 Å². The van der Waals surface area contributed by atoms with Crippen LogP contribution in [0.25, 0.3) is 0 Å². The van der Waals surface area contributed by atoms with Gasteiger partial charge in [0.05, 0.1) is 5.69 Å². The Morgan fingerprint density at radius 3 is 2.44 bits per heavy atom. The molecule has 3 nitrogen and oxygen atoms in total. The van der Waals surface area contributed by atoms with Crippen molar-refractivity contribution in [3.05, 3.63) is 23.3 Å². The van der Waals surface area contributed by atoms with Crippen molar-refractivity contribution in [1.82, 2.24) is 9.97 Å². The van der Waals surface area contributed by atoms with Crippen LogP contribution in [-0.4, -0.2) is 9.97 Å². The molecule has 0 atom stereocenters. The normalized spacial score (nSPS) is 24.5. The summed E-state index contributed by atoms with van der Waals surface area (Å²) in [6.45, 7) is 7.21. The summed E-state index contributed by atoms with van der Waals surface area (Å²) in [4.78, 5) is 9.22. The van der Waals surface area contributed by atoms with Gasteiger partial charge in [-0.1, -0.05) is 13.8 Å². The lowest BCUT2D eigenvalue weighted by Gasteiger charge is -2.30. The molecule has 1 fully saturated rings. The molecule has 0 bridgehead atoms. The predicted molar refractivity (Wildman–Crippen MR) is 74.2 cm³/mol. The van der Waals surface area contributed by atoms with E-state index in [0.717, 1.165) is 29.0 Å². The molecule has 0 unspecified atom stereocenters. The zero-order valence-electron chi connectivity index (χ0n) is 11.8. The van der Waals surface area contributed by atoms with Gasteiger partial charge in [0.15, 0.2) is 0 Å². The summed E-state index contributed by atoms with van der Waals surface area (Å²) >= 11 is 0. The monoisotopic (exact) mass is 247 g/mol. The van der Waals surface area contributed by atoms with Crippen molar-refractivity contribution in [3.8, 4) is 0 Å². The van der Waals surface area contributed by atoms with Crippen LogP contribution in [0.3, 0.4) is 0 Å². The van der Waals surface area contributed by atoms with Crippen LogP contribution in [-0.2, 0) is 6.54 Å². The van der Waals surface area contributed by atoms with Crippen LogP contribution < -0.4 is 5.73 Å². The molecule has 1 aliphatic rings. The summed E-state index contributed by atoms with van der Waals surface area (Å²) in [5.41, 5.74) is 7.71. The van der Waals surface area contributed by atoms with Gasteiger partial charge in [-0.15, -0.1) is 0 Å². The fourth-order valence-electron chi connectivity index (χ4n) is 2.99. The summed E-state index contributed by atoms with van der Waals surface area (Å²) in [6, 6.07) is 1.99. The smallest absolute Gasteiger partial charge is 0.131 e. The van der Waals surface area contributed by atoms with Gasteiger partial charge >= 0.3 is 0 Å². The van der Waals surface area contributed by atoms with Crippen molar-refractivity contribution in [3.63, 3.8) is 0 Å². The van der Waals surface area contributed by atoms with E-state index in [1.54, 1.807) is 0 Å². The number of hydrogen-bond acceptors (Lipinski definition) is 3. The van der Waals surface area contributed by atoms with Crippen LogP contribution in [0, 0.1) is 18.8 Å². The third-order valence-electron chi connectivity index (χ3n) is 4.21. The molecule has 2 rings (SSSR count). The lowest BCUT2D eigenvalue weighted by Crippen LogP contribution is -2.19. The molecule has 1 aromatic heterocycles. The highest BCUT2D eigenvalue weighted by Crippen LogP contribution is 2.37. The highest BCUT2D eigenvalue weighted by atomic mass is 14.9. The van der Waals surface area contributed by atoms with Crippen molar-refractivity contribution >= 4 is 0 Å². The third kappa shape index (κ3) is 3.08. The molecule has 18 heavy (non-hydrogen) atoms. The Morgan fingerprint density at radius 2 is 1.89 bits per heavy atom. The second-order valence-corrected chi connectivity index (χ2v) is 5.92. The van der Waals surface area contributed by atoms with Gasteiger partial charge in [0.2, 0.25) is 0 Å². The zero-order chi connectivity index (χ0) is 13.1. The van der Waals surface area contributed by atoms with E-state index in [2.05, 4.69) is 23.8 Å². The molecule has 0 amide bonds. The van der Waals surface area contributed by atoms with Crippen LogP contribution in [0.5, 0.6) is 0 Å². The molecule has 100 valence electrons. The quantitative estimate of drug-likeness (QED) is 0.892. The first-order chi connectivity index (χ1) is 8.60. The number of aromatic nitrogens is 2. The van der Waals surface area contributed by atoms with Crippen molar-refractivity contribution in [2.75, 3.05) is 0 Å². The van der Waals surface area contributed by atoms with Gasteiger partial charge in [0, 0.05) is 18.2 Å². The van der Waals surface area contributed by atoms with Crippen molar-refractivity contribution in [2.45, 2.75) is 58.9 Å². The van der Waals surface area contributed by atoms with E-state index in [9.17, 15) is 0 Å². The molecule has 0 aliphatic heterocycles. The Balaban J connectivity index is 2.07. The van der Waals surface area contributed by atoms with Gasteiger partial charge in [-0.05, 0) is 50.5 Å². The van der Waals surface area contributed by atoms with E-state index in [1.807, 2.05) is 13.0 Å². The average Bonchev–Trinajstić information content (AvgIpc) is 2.38. The van der Waals surface area contributed by atoms with Crippen molar-refractivity contribution in [1.29, 1.82) is 0 Å². The van der Waals surface area contributed by atoms with Gasteiger partial charge in [-0.3, -0.25) is 0 Å². The topological polar surface area (TPSA) is 51.8 Å². The summed E-state index contributed by atoms with van der Waals surface area (Å²) in [5, 5.41) is 0. The van der Waals surface area contributed by atoms with Crippen LogP contribution in [0.4, 0.5) is 0 Å². The third-order valence-corrected chi connectivity index (χ3v) is 4.21. The Morgan fingerprint density at radius 1 is 1.22 bits per heavy atom. The Hall–Kier alpha value is -0.960. The van der Waals surface area contributed by atoms with E-state index >= 15 is 0 Å². The number of hydrogen-bond donors (Lipinski definition) is 1. The second kappa shape index (κ2) is 5.79. The second-order valence-electron chi connectivity index (χ2n) is 5.92. The van der Waals surface area contributed by atoms with Crippen LogP contribution >= 0.6 is 0 Å². The molecular weight excluding hydrogens is 222 g/mol. The molecule has 1 saturated carbocycles. The highest BCUT2D eigenvalue weighted by molar-refractivity contribution is 5.12. The van der Waals surface area contributed by atoms with Gasteiger partial charge in [-0.2, -0.15) is 0 Å². The fraction of sp³-hybridized carbons (Fsp3) is 0.733. The Labute approximate surface area is 110 Å². The lowest BCUT2D eigenvalue weighted by atomic mass is 9.76. The summed E-state index contributed by atoms with van der Waals surface area (Å²) in [5.74, 6) is 3.27. The largest absolute Gasteiger partial charge is 0.325 e. The first-order valence-corrected chi connectivity index (χ1v) is 7.14. The maximum atomic E-state index is 5.69. The predicted octanol–water partition coefficient (Wildman–Crippen LogP) is 3.17. The molecule has 3 heteroatoms. The Kier molecular flexibility index (Phi) is 4.33. The first-order valence-electron chi connectivity index (χ1n) is 7.14. The van der Waals surface area contributed by atoms with Crippen LogP contribution in [0.1, 0.15) is 62.7 Å². The van der Waals surface area contributed by atoms with Gasteiger partial charge in [0.25, 0.3) is 0 Å². The molecular formula is C15H25N3. The number of nitrogens with two attached hydrogens (primary N) is 1. The van der Waals surface area contributed by atoms with Crippen LogP contribution in [0.15, 0.2) is 6.07 Å². The number of aryl methyl sites for hydroxylation is 1. The first kappa shape index (κ1) is 13.5. The van der Waals surface area contributed by atoms with Gasteiger partial charge < -0.3 is 5.73 Å². The minimum atomic E-state index is 0.512. The van der Waals surface area contributed by atoms with Gasteiger partial charge in [-0.25, -0.2) is 9.97 Å². The molecule has 0 aromatic carbocycles. The van der Waals surface area contributed by atoms with E-state index < -0.39 is 0 Å². The molecule has 1 aromatic rings. The number of rotatable bonds is 3. The highest BCUT2D eigenvalue weighted by Gasteiger charge is 2.26. The van der Waals surface area contributed by atoms with E-state index in [0.29, 0.717) is 12.5 Å². The molecule has 2 N–H and O–H groups in total. The standard InChI is InChI=1S/C15H25N3/c1-10(2)12-4-6-13(7-5-12)15-17-11(3)8-14(9-16)18-15/h8,10,12-13H,4-7,9,16H2,1-3H3. The van der Waals surface area contributed by atoms with Crippen LogP contribution in [0.2, 0.25) is 0 Å². The average molecular weight is 247 g/mol. The zero-order valence-corrected chi connectivity index (χ0v) is 11.8. The van der Waals surface area contributed by atoms with E-state index in [4.69, 9.17) is 5.73 Å². The summed E-state index contributed by atoms with van der Waals surface area (Å²) in [7, 11) is 0. The number of nitrogens with zero attached hydrogens (tertiary/aromatic N) is 2. The fourth-order valence-corrected chi connectivity index (χ4v) is 2.99. The molecule has 1 aliphatic carbocycles. The van der Waals surface area contributed by atoms with Gasteiger partial charge in [0.1, 0.15) is 5.82 Å². The Bertz CT molecular complexity index is 393. The maximum absolute atomic E-state index is 5.69. The van der Waals surface area contributed by atoms with E-state index in [1.165, 1.54) is 25.7 Å². The molecule has 0 spiro atoms. The lowest BCUT2D eigenvalue weighted by molar-refractivity contribution is 0.254. The SMILES string of the molecule is Cc1cc(CN)nc(C2CCC(C(C)C)CC2)n1. The molecule has 0 radical (unpaired) electrons. The van der Waals surface area contributed by atoms with Crippen molar-refractivity contribution < 1.29 is 0 Å². The minimum absolute atomic E-state index is 0.512. The molecule has 0 saturated heterocycles.